The van der Waals surface area contributed by atoms with Gasteiger partial charge in [0.15, 0.2) is 6.19 Å². The largest absolute Gasteiger partial charge is 0.374 e. The van der Waals surface area contributed by atoms with Gasteiger partial charge in [0.25, 0.3) is 5.91 Å². The number of ether oxygens (including phenoxy) is 1. The molecule has 1 N–H and O–H groups in total. The number of nitrogens with zero attached hydrogens (tertiary/aromatic N) is 4. The van der Waals surface area contributed by atoms with E-state index in [2.05, 4.69) is 5.32 Å². The van der Waals surface area contributed by atoms with Crippen molar-refractivity contribution in [3.05, 3.63) is 65.7 Å². The van der Waals surface area contributed by atoms with Gasteiger partial charge >= 0.3 is 0 Å². The molecule has 194 valence electrons. The predicted octanol–water partition coefficient (Wildman–Crippen LogP) is 1.81. The highest BCUT2D eigenvalue weighted by Gasteiger charge is 2.34. The Balaban J connectivity index is 1.70. The highest BCUT2D eigenvalue weighted by molar-refractivity contribution is 7.98. The van der Waals surface area contributed by atoms with Crippen LogP contribution >= 0.6 is 11.8 Å². The molecule has 12 heteroatoms. The Morgan fingerprint density at radius 3 is 2.57 bits per heavy atom. The van der Waals surface area contributed by atoms with E-state index in [1.807, 2.05) is 18.5 Å². The zero-order valence-corrected chi connectivity index (χ0v) is 21.9. The van der Waals surface area contributed by atoms with Crippen LogP contribution in [0, 0.1) is 22.8 Å². The number of nitriles is 2. The molecule has 0 bridgehead atoms. The van der Waals surface area contributed by atoms with Crippen LogP contribution in [0.25, 0.3) is 0 Å². The maximum atomic E-state index is 13.2. The second-order valence-electron chi connectivity index (χ2n) is 8.15. The molecule has 2 aromatic carbocycles. The Hall–Kier alpha value is -3.42. The van der Waals surface area contributed by atoms with Crippen LogP contribution in [0.1, 0.15) is 22.3 Å². The Bertz CT molecular complexity index is 1290. The average molecular weight is 542 g/mol. The zero-order chi connectivity index (χ0) is 26.8. The van der Waals surface area contributed by atoms with Crippen LogP contribution in [0.5, 0.6) is 0 Å². The summed E-state index contributed by atoms with van der Waals surface area (Å²) in [5, 5.41) is 21.8. The fourth-order valence-electron chi connectivity index (χ4n) is 3.87. The number of carbonyl (C=O) groups is 2. The molecule has 1 fully saturated rings. The van der Waals surface area contributed by atoms with Crippen LogP contribution in [0.15, 0.2) is 59.5 Å². The molecule has 1 saturated heterocycles. The molecule has 2 atom stereocenters. The Morgan fingerprint density at radius 2 is 1.89 bits per heavy atom. The molecule has 2 aromatic rings. The normalized spacial score (nSPS) is 16.7. The van der Waals surface area contributed by atoms with Crippen molar-refractivity contribution in [1.82, 2.24) is 14.5 Å². The van der Waals surface area contributed by atoms with Gasteiger partial charge in [-0.15, -0.1) is 0 Å². The summed E-state index contributed by atoms with van der Waals surface area (Å²) in [6.45, 7) is 0.181. The minimum atomic E-state index is -3.94. The monoisotopic (exact) mass is 541 g/mol. The van der Waals surface area contributed by atoms with Gasteiger partial charge in [-0.1, -0.05) is 30.3 Å². The Labute approximate surface area is 220 Å². The predicted molar refractivity (Wildman–Crippen MR) is 138 cm³/mol. The molecule has 10 nitrogen and oxygen atoms in total. The van der Waals surface area contributed by atoms with E-state index in [9.17, 15) is 28.5 Å². The van der Waals surface area contributed by atoms with E-state index < -0.39 is 34.0 Å². The third-order valence-corrected chi connectivity index (χ3v) is 8.36. The standard InChI is InChI=1S/C25H27N5O5S2/c1-36-14-11-22(30(18-27)25(32)19-7-3-2-4-8-19)24(31)28-16-21-17-29(12-13-35-21)37(33,34)23-10-6-5-9-20(23)15-26/h2-10,21-22H,11-14,16-17H2,1H3,(H,28,31)/t21?,22-/m0/s1. The first-order valence-corrected chi connectivity index (χ1v) is 14.3. The lowest BCUT2D eigenvalue weighted by molar-refractivity contribution is -0.125. The minimum Gasteiger partial charge on any atom is -0.374 e. The van der Waals surface area contributed by atoms with Crippen molar-refractivity contribution in [2.45, 2.75) is 23.5 Å². The summed E-state index contributed by atoms with van der Waals surface area (Å²) >= 11 is 1.48. The van der Waals surface area contributed by atoms with E-state index in [1.165, 1.54) is 28.2 Å². The number of morpholine rings is 1. The third kappa shape index (κ3) is 6.87. The maximum absolute atomic E-state index is 13.2. The SMILES string of the molecule is CSCC[C@@H](C(=O)NCC1CN(S(=O)(=O)c2ccccc2C#N)CCO1)N(C#N)C(=O)c1ccccc1. The molecule has 1 aliphatic heterocycles. The van der Waals surface area contributed by atoms with Crippen LogP contribution in [0.3, 0.4) is 0 Å². The summed E-state index contributed by atoms with van der Waals surface area (Å²) in [7, 11) is -3.94. The second kappa shape index (κ2) is 13.2. The summed E-state index contributed by atoms with van der Waals surface area (Å²) in [4.78, 5) is 26.8. The topological polar surface area (TPSA) is 144 Å². The van der Waals surface area contributed by atoms with E-state index in [4.69, 9.17) is 4.74 Å². The average Bonchev–Trinajstić information content (AvgIpc) is 2.94. The van der Waals surface area contributed by atoms with E-state index in [-0.39, 0.29) is 43.1 Å². The van der Waals surface area contributed by atoms with Crippen molar-refractivity contribution in [2.24, 2.45) is 0 Å². The molecule has 1 aliphatic rings. The van der Waals surface area contributed by atoms with Gasteiger partial charge in [-0.25, -0.2) is 13.3 Å². The van der Waals surface area contributed by atoms with Gasteiger partial charge in [0.1, 0.15) is 12.1 Å². The quantitative estimate of drug-likeness (QED) is 0.354. The van der Waals surface area contributed by atoms with Gasteiger partial charge < -0.3 is 10.1 Å². The molecule has 0 radical (unpaired) electrons. The van der Waals surface area contributed by atoms with Crippen molar-refractivity contribution < 1.29 is 22.7 Å². The van der Waals surface area contributed by atoms with Crippen LogP contribution in [0.4, 0.5) is 0 Å². The number of thioether (sulfide) groups is 1. The number of rotatable bonds is 10. The van der Waals surface area contributed by atoms with E-state index >= 15 is 0 Å². The van der Waals surface area contributed by atoms with Crippen molar-refractivity contribution in [3.63, 3.8) is 0 Å². The van der Waals surface area contributed by atoms with Crippen molar-refractivity contribution in [3.8, 4) is 12.3 Å². The maximum Gasteiger partial charge on any atom is 0.267 e. The Kier molecular flexibility index (Phi) is 10.1. The van der Waals surface area contributed by atoms with E-state index in [1.54, 1.807) is 42.5 Å². The van der Waals surface area contributed by atoms with Crippen LogP contribution in [0.2, 0.25) is 0 Å². The third-order valence-electron chi connectivity index (χ3n) is 5.79. The first-order valence-electron chi connectivity index (χ1n) is 11.5. The molecule has 0 aliphatic carbocycles. The lowest BCUT2D eigenvalue weighted by atomic mass is 10.1. The minimum absolute atomic E-state index is 0.0146. The first kappa shape index (κ1) is 28.2. The van der Waals surface area contributed by atoms with E-state index in [0.717, 1.165) is 4.90 Å². The molecule has 2 amide bonds. The molecule has 0 aromatic heterocycles. The lowest BCUT2D eigenvalue weighted by Gasteiger charge is -2.33. The van der Waals surface area contributed by atoms with Gasteiger partial charge in [-0.3, -0.25) is 9.59 Å². The van der Waals surface area contributed by atoms with Crippen molar-refractivity contribution >= 4 is 33.6 Å². The molecule has 0 saturated carbocycles. The highest BCUT2D eigenvalue weighted by atomic mass is 32.2. The molecule has 3 rings (SSSR count). The van der Waals surface area contributed by atoms with Gasteiger partial charge in [0.2, 0.25) is 15.9 Å². The molecule has 1 unspecified atom stereocenters. The number of carbonyl (C=O) groups excluding carboxylic acids is 2. The summed E-state index contributed by atoms with van der Waals surface area (Å²) in [5.41, 5.74) is 0.343. The van der Waals surface area contributed by atoms with Gasteiger partial charge in [-0.05, 0) is 42.7 Å². The number of hydrogen-bond donors (Lipinski definition) is 1. The molecule has 1 heterocycles. The molecule has 37 heavy (non-hydrogen) atoms. The van der Waals surface area contributed by atoms with Crippen LogP contribution < -0.4 is 5.32 Å². The van der Waals surface area contributed by atoms with Crippen LogP contribution in [-0.2, 0) is 19.6 Å². The smallest absolute Gasteiger partial charge is 0.267 e. The van der Waals surface area contributed by atoms with Crippen molar-refractivity contribution in [1.29, 1.82) is 10.5 Å². The fourth-order valence-corrected chi connectivity index (χ4v) is 5.93. The molecular formula is C25H27N5O5S2. The molecular weight excluding hydrogens is 514 g/mol. The first-order chi connectivity index (χ1) is 17.8. The number of nitrogens with one attached hydrogen (secondary N) is 1. The number of benzene rings is 2. The number of sulfonamides is 1. The summed E-state index contributed by atoms with van der Waals surface area (Å²) in [5.74, 6) is -0.562. The van der Waals surface area contributed by atoms with E-state index in [0.29, 0.717) is 11.3 Å². The van der Waals surface area contributed by atoms with Gasteiger partial charge in [0.05, 0.1) is 23.2 Å². The summed E-state index contributed by atoms with van der Waals surface area (Å²) in [6, 6.07) is 15.1. The van der Waals surface area contributed by atoms with Crippen molar-refractivity contribution in [2.75, 3.05) is 38.2 Å². The van der Waals surface area contributed by atoms with Crippen LogP contribution in [-0.4, -0.2) is 79.8 Å². The van der Waals surface area contributed by atoms with Gasteiger partial charge in [0, 0.05) is 25.2 Å². The zero-order valence-electron chi connectivity index (χ0n) is 20.2. The summed E-state index contributed by atoms with van der Waals surface area (Å²) in [6.07, 6.45) is 3.32. The lowest BCUT2D eigenvalue weighted by Crippen LogP contribution is -2.53. The highest BCUT2D eigenvalue weighted by Crippen LogP contribution is 2.22. The summed E-state index contributed by atoms with van der Waals surface area (Å²) < 4.78 is 33.2. The molecule has 0 spiro atoms. The fraction of sp³-hybridized carbons (Fsp3) is 0.360. The second-order valence-corrected chi connectivity index (χ2v) is 11.0. The Morgan fingerprint density at radius 1 is 1.19 bits per heavy atom. The number of amides is 2. The van der Waals surface area contributed by atoms with Gasteiger partial charge in [-0.2, -0.15) is 26.6 Å². The number of hydrogen-bond acceptors (Lipinski definition) is 8.